The number of esters is 1. The van der Waals surface area contributed by atoms with Crippen LogP contribution in [0, 0.1) is 0 Å². The molecule has 1 N–H and O–H groups in total. The second kappa shape index (κ2) is 10.2. The molecule has 0 fully saturated rings. The number of hydrogen-bond donors (Lipinski definition) is 1. The first-order chi connectivity index (χ1) is 9.03. The largest absolute Gasteiger partial charge is 0.468 e. The molecule has 114 valence electrons. The van der Waals surface area contributed by atoms with Crippen LogP contribution in [0.5, 0.6) is 0 Å². The highest BCUT2D eigenvalue weighted by Crippen LogP contribution is 2.15. The van der Waals surface area contributed by atoms with E-state index in [-0.39, 0.29) is 5.97 Å². The summed E-state index contributed by atoms with van der Waals surface area (Å²) in [6, 6.07) is 0. The maximum atomic E-state index is 11.9. The van der Waals surface area contributed by atoms with Crippen molar-refractivity contribution in [3.8, 4) is 0 Å². The van der Waals surface area contributed by atoms with Gasteiger partial charge in [0.25, 0.3) is 0 Å². The predicted molar refractivity (Wildman–Crippen MR) is 80.4 cm³/mol. The SMILES string of the molecule is CCCN(CCC)CCCC(C)(NCC)C(=O)OC. The van der Waals surface area contributed by atoms with Crippen molar-refractivity contribution in [3.05, 3.63) is 0 Å². The van der Waals surface area contributed by atoms with Gasteiger partial charge in [-0.1, -0.05) is 20.8 Å². The molecule has 4 heteroatoms. The molecule has 0 amide bonds. The maximum absolute atomic E-state index is 11.9. The van der Waals surface area contributed by atoms with Gasteiger partial charge in [0.1, 0.15) is 5.54 Å². The van der Waals surface area contributed by atoms with Crippen LogP contribution < -0.4 is 5.32 Å². The fraction of sp³-hybridized carbons (Fsp3) is 0.933. The molecule has 0 rings (SSSR count). The van der Waals surface area contributed by atoms with E-state index in [2.05, 4.69) is 24.1 Å². The van der Waals surface area contributed by atoms with E-state index in [9.17, 15) is 4.79 Å². The Bertz CT molecular complexity index is 240. The molecule has 1 unspecified atom stereocenters. The number of nitrogens with zero attached hydrogens (tertiary/aromatic N) is 1. The van der Waals surface area contributed by atoms with Crippen molar-refractivity contribution in [3.63, 3.8) is 0 Å². The lowest BCUT2D eigenvalue weighted by Crippen LogP contribution is -2.50. The fourth-order valence-corrected chi connectivity index (χ4v) is 2.50. The molecule has 0 heterocycles. The van der Waals surface area contributed by atoms with E-state index < -0.39 is 5.54 Å². The number of rotatable bonds is 11. The lowest BCUT2D eigenvalue weighted by Gasteiger charge is -2.29. The minimum absolute atomic E-state index is 0.160. The van der Waals surface area contributed by atoms with Gasteiger partial charge in [-0.05, 0) is 58.8 Å². The molecule has 19 heavy (non-hydrogen) atoms. The molecule has 0 aromatic carbocycles. The highest BCUT2D eigenvalue weighted by Gasteiger charge is 2.32. The van der Waals surface area contributed by atoms with Crippen LogP contribution in [0.3, 0.4) is 0 Å². The number of carbonyl (C=O) groups excluding carboxylic acids is 1. The van der Waals surface area contributed by atoms with Crippen molar-refractivity contribution in [2.45, 2.75) is 58.9 Å². The molecule has 0 bridgehead atoms. The standard InChI is InChI=1S/C15H32N2O2/c1-6-11-17(12-7-2)13-9-10-15(4,16-8-3)14(18)19-5/h16H,6-13H2,1-5H3. The number of carbonyl (C=O) groups is 1. The summed E-state index contributed by atoms with van der Waals surface area (Å²) in [7, 11) is 1.46. The highest BCUT2D eigenvalue weighted by molar-refractivity contribution is 5.80. The summed E-state index contributed by atoms with van der Waals surface area (Å²) in [6.07, 6.45) is 4.19. The van der Waals surface area contributed by atoms with Crippen LogP contribution in [-0.4, -0.2) is 49.7 Å². The van der Waals surface area contributed by atoms with Crippen molar-refractivity contribution < 1.29 is 9.53 Å². The summed E-state index contributed by atoms with van der Waals surface area (Å²) >= 11 is 0. The molecule has 4 nitrogen and oxygen atoms in total. The van der Waals surface area contributed by atoms with Crippen molar-refractivity contribution in [2.75, 3.05) is 33.3 Å². The smallest absolute Gasteiger partial charge is 0.325 e. The number of hydrogen-bond acceptors (Lipinski definition) is 4. The van der Waals surface area contributed by atoms with E-state index >= 15 is 0 Å². The second-order valence-corrected chi connectivity index (χ2v) is 5.30. The van der Waals surface area contributed by atoms with Gasteiger partial charge in [0, 0.05) is 0 Å². The first kappa shape index (κ1) is 18.4. The van der Waals surface area contributed by atoms with E-state index in [4.69, 9.17) is 4.74 Å². The third kappa shape index (κ3) is 6.92. The first-order valence-corrected chi connectivity index (χ1v) is 7.59. The van der Waals surface area contributed by atoms with Crippen molar-refractivity contribution >= 4 is 5.97 Å². The zero-order chi connectivity index (χ0) is 14.7. The van der Waals surface area contributed by atoms with Gasteiger partial charge < -0.3 is 15.0 Å². The Morgan fingerprint density at radius 2 is 1.74 bits per heavy atom. The monoisotopic (exact) mass is 272 g/mol. The molecule has 1 atom stereocenters. The molecule has 0 aliphatic heterocycles. The number of ether oxygens (including phenoxy) is 1. The summed E-state index contributed by atoms with van der Waals surface area (Å²) < 4.78 is 4.91. The average molecular weight is 272 g/mol. The van der Waals surface area contributed by atoms with Crippen LogP contribution >= 0.6 is 0 Å². The van der Waals surface area contributed by atoms with Crippen molar-refractivity contribution in [1.82, 2.24) is 10.2 Å². The zero-order valence-electron chi connectivity index (χ0n) is 13.4. The van der Waals surface area contributed by atoms with E-state index in [1.165, 1.54) is 20.0 Å². The lowest BCUT2D eigenvalue weighted by atomic mass is 9.95. The lowest BCUT2D eigenvalue weighted by molar-refractivity contribution is -0.148. The molecule has 0 saturated carbocycles. The Kier molecular flexibility index (Phi) is 9.88. The van der Waals surface area contributed by atoms with Crippen LogP contribution in [0.25, 0.3) is 0 Å². The highest BCUT2D eigenvalue weighted by atomic mass is 16.5. The first-order valence-electron chi connectivity index (χ1n) is 7.59. The molecular formula is C15H32N2O2. The van der Waals surface area contributed by atoms with Gasteiger partial charge in [0.2, 0.25) is 0 Å². The molecular weight excluding hydrogens is 240 g/mol. The van der Waals surface area contributed by atoms with Crippen LogP contribution in [-0.2, 0) is 9.53 Å². The Morgan fingerprint density at radius 1 is 1.16 bits per heavy atom. The third-order valence-electron chi connectivity index (χ3n) is 3.43. The molecule has 0 saturated heterocycles. The molecule has 0 spiro atoms. The Morgan fingerprint density at radius 3 is 2.16 bits per heavy atom. The Balaban J connectivity index is 4.27. The summed E-state index contributed by atoms with van der Waals surface area (Å²) in [5, 5.41) is 3.25. The van der Waals surface area contributed by atoms with Gasteiger partial charge in [-0.25, -0.2) is 0 Å². The van der Waals surface area contributed by atoms with Gasteiger partial charge in [-0.3, -0.25) is 4.79 Å². The summed E-state index contributed by atoms with van der Waals surface area (Å²) in [4.78, 5) is 14.3. The van der Waals surface area contributed by atoms with Gasteiger partial charge in [0.15, 0.2) is 0 Å². The van der Waals surface area contributed by atoms with Gasteiger partial charge in [-0.15, -0.1) is 0 Å². The van der Waals surface area contributed by atoms with Crippen molar-refractivity contribution in [1.29, 1.82) is 0 Å². The fourth-order valence-electron chi connectivity index (χ4n) is 2.50. The topological polar surface area (TPSA) is 41.6 Å². The van der Waals surface area contributed by atoms with Crippen LogP contribution in [0.15, 0.2) is 0 Å². The molecule has 0 aromatic heterocycles. The van der Waals surface area contributed by atoms with Gasteiger partial charge >= 0.3 is 5.97 Å². The third-order valence-corrected chi connectivity index (χ3v) is 3.43. The van der Waals surface area contributed by atoms with E-state index in [0.717, 1.165) is 39.0 Å². The Hall–Kier alpha value is -0.610. The minimum Gasteiger partial charge on any atom is -0.468 e. The van der Waals surface area contributed by atoms with E-state index in [1.54, 1.807) is 0 Å². The predicted octanol–water partition coefficient (Wildman–Crippen LogP) is 2.43. The zero-order valence-corrected chi connectivity index (χ0v) is 13.4. The molecule has 0 aromatic rings. The molecule has 0 aliphatic carbocycles. The molecule has 0 radical (unpaired) electrons. The normalized spacial score (nSPS) is 14.4. The molecule has 0 aliphatic rings. The average Bonchev–Trinajstić information content (AvgIpc) is 2.38. The van der Waals surface area contributed by atoms with E-state index in [0.29, 0.717) is 0 Å². The minimum atomic E-state index is -0.548. The summed E-state index contributed by atoms with van der Waals surface area (Å²) in [5.41, 5.74) is -0.548. The van der Waals surface area contributed by atoms with Crippen LogP contribution in [0.1, 0.15) is 53.4 Å². The second-order valence-electron chi connectivity index (χ2n) is 5.30. The summed E-state index contributed by atoms with van der Waals surface area (Å²) in [6.45, 7) is 12.5. The number of methoxy groups -OCH3 is 1. The maximum Gasteiger partial charge on any atom is 0.325 e. The van der Waals surface area contributed by atoms with Gasteiger partial charge in [-0.2, -0.15) is 0 Å². The Labute approximate surface area is 118 Å². The van der Waals surface area contributed by atoms with Crippen LogP contribution in [0.2, 0.25) is 0 Å². The quantitative estimate of drug-likeness (QED) is 0.587. The van der Waals surface area contributed by atoms with Crippen LogP contribution in [0.4, 0.5) is 0 Å². The van der Waals surface area contributed by atoms with Crippen molar-refractivity contribution in [2.24, 2.45) is 0 Å². The van der Waals surface area contributed by atoms with Gasteiger partial charge in [0.05, 0.1) is 7.11 Å². The summed E-state index contributed by atoms with van der Waals surface area (Å²) in [5.74, 6) is -0.160. The van der Waals surface area contributed by atoms with E-state index in [1.807, 2.05) is 13.8 Å². The number of nitrogens with one attached hydrogen (secondary N) is 1. The number of likely N-dealkylation sites (N-methyl/N-ethyl adjacent to an activating group) is 1.